The fourth-order valence-corrected chi connectivity index (χ4v) is 14.7. The van der Waals surface area contributed by atoms with Gasteiger partial charge in [0.2, 0.25) is 0 Å². The van der Waals surface area contributed by atoms with E-state index in [1.807, 2.05) is 97.1 Å². The maximum Gasteiger partial charge on any atom is 0.163 e. The van der Waals surface area contributed by atoms with Crippen molar-refractivity contribution in [2.75, 3.05) is 0 Å². The largest absolute Gasteiger partial charge is 0.309 e. The summed E-state index contributed by atoms with van der Waals surface area (Å²) in [5.74, 6) is 1.03. The van der Waals surface area contributed by atoms with Crippen LogP contribution in [-0.4, -0.2) is 19.1 Å². The third kappa shape index (κ3) is 9.40. The zero-order chi connectivity index (χ0) is 64.1. The van der Waals surface area contributed by atoms with E-state index in [1.54, 1.807) is 0 Å². The van der Waals surface area contributed by atoms with Crippen LogP contribution >= 0.6 is 0 Å². The Balaban J connectivity index is 1.15. The molecule has 3 aromatic heterocycles. The summed E-state index contributed by atoms with van der Waals surface area (Å²) < 4.78 is 4.75. The Morgan fingerprint density at radius 3 is 0.958 bits per heavy atom. The smallest absolute Gasteiger partial charge is 0.163 e. The standard InChI is InChI=1S/C90H56N6/c91-57-71-78(59-32-10-1-11-33-59)82(63-40-18-5-19-41-63)87(83(64-42-20-6-21-43-64)79(71)60-34-12-2-13-35-60)73-56-77(96-75-53-31-29-51-70(75)86-76(96)55-54-69-68-50-28-30-52-74(68)95(89(69)86)67-48-26-9-27-49-67)94-90(93-73)88-84(65-44-22-7-23-45-65)80(61-36-14-3-15-37-61)72(58-92)81(62-38-16-4-17-39-62)85(88)66-46-24-8-25-47-66/h1-56H. The summed E-state index contributed by atoms with van der Waals surface area (Å²) >= 11 is 0. The van der Waals surface area contributed by atoms with Crippen molar-refractivity contribution in [1.29, 1.82) is 10.5 Å². The summed E-state index contributed by atoms with van der Waals surface area (Å²) in [5, 5.41) is 28.7. The molecular weight excluding hydrogens is 1170 g/mol. The van der Waals surface area contributed by atoms with Crippen molar-refractivity contribution in [2.24, 2.45) is 0 Å². The minimum absolute atomic E-state index is 0.425. The number of para-hydroxylation sites is 3. The van der Waals surface area contributed by atoms with Gasteiger partial charge in [0.25, 0.3) is 0 Å². The molecule has 14 aromatic carbocycles. The molecule has 0 saturated heterocycles. The number of hydrogen-bond acceptors (Lipinski definition) is 4. The summed E-state index contributed by atoms with van der Waals surface area (Å²) in [6.07, 6.45) is 0. The number of hydrogen-bond donors (Lipinski definition) is 0. The Hall–Kier alpha value is -13.3. The van der Waals surface area contributed by atoms with E-state index < -0.39 is 0 Å². The van der Waals surface area contributed by atoms with Crippen molar-refractivity contribution in [1.82, 2.24) is 19.1 Å². The van der Waals surface area contributed by atoms with Gasteiger partial charge in [-0.1, -0.05) is 303 Å². The highest BCUT2D eigenvalue weighted by Gasteiger charge is 2.34. The quantitative estimate of drug-likeness (QED) is 0.122. The van der Waals surface area contributed by atoms with Crippen LogP contribution in [0, 0.1) is 22.7 Å². The topological polar surface area (TPSA) is 83.2 Å². The van der Waals surface area contributed by atoms with Gasteiger partial charge in [-0.25, -0.2) is 9.97 Å². The average Bonchev–Trinajstić information content (AvgIpc) is 0.964. The van der Waals surface area contributed by atoms with Gasteiger partial charge < -0.3 is 4.57 Å². The number of nitrogens with zero attached hydrogens (tertiary/aromatic N) is 6. The van der Waals surface area contributed by atoms with E-state index >= 15 is 0 Å². The molecular formula is C90H56N6. The summed E-state index contributed by atoms with van der Waals surface area (Å²) in [5.41, 5.74) is 21.8. The number of fused-ring (bicyclic) bond motifs is 7. The Morgan fingerprint density at radius 2 is 0.573 bits per heavy atom. The van der Waals surface area contributed by atoms with Crippen LogP contribution in [0.4, 0.5) is 0 Å². The number of rotatable bonds is 12. The summed E-state index contributed by atoms with van der Waals surface area (Å²) in [7, 11) is 0. The van der Waals surface area contributed by atoms with Gasteiger partial charge in [0.1, 0.15) is 18.0 Å². The van der Waals surface area contributed by atoms with E-state index in [0.29, 0.717) is 28.5 Å². The predicted molar refractivity (Wildman–Crippen MR) is 395 cm³/mol. The van der Waals surface area contributed by atoms with Gasteiger partial charge in [0, 0.05) is 88.9 Å². The molecule has 0 amide bonds. The lowest BCUT2D eigenvalue weighted by atomic mass is 9.76. The maximum absolute atomic E-state index is 12.2. The first-order valence-corrected chi connectivity index (χ1v) is 32.3. The third-order valence-electron chi connectivity index (χ3n) is 18.6. The van der Waals surface area contributed by atoms with E-state index in [9.17, 15) is 10.5 Å². The minimum Gasteiger partial charge on any atom is -0.309 e. The van der Waals surface area contributed by atoms with Crippen molar-refractivity contribution < 1.29 is 0 Å². The molecule has 6 heteroatoms. The summed E-state index contributed by atoms with van der Waals surface area (Å²) in [6, 6.07) is 124. The van der Waals surface area contributed by atoms with Gasteiger partial charge in [0.15, 0.2) is 5.82 Å². The third-order valence-corrected chi connectivity index (χ3v) is 18.6. The first-order valence-electron chi connectivity index (χ1n) is 32.3. The van der Waals surface area contributed by atoms with Crippen LogP contribution in [-0.2, 0) is 0 Å². The molecule has 17 rings (SSSR count). The molecule has 0 bridgehead atoms. The summed E-state index contributed by atoms with van der Waals surface area (Å²) in [6.45, 7) is 0. The van der Waals surface area contributed by atoms with Crippen LogP contribution in [0.25, 0.3) is 167 Å². The lowest BCUT2D eigenvalue weighted by Gasteiger charge is -2.27. The second kappa shape index (κ2) is 24.1. The Bertz CT molecular complexity index is 5440. The van der Waals surface area contributed by atoms with Crippen molar-refractivity contribution >= 4 is 43.6 Å². The predicted octanol–water partition coefficient (Wildman–Crippen LogP) is 23.1. The van der Waals surface area contributed by atoms with Gasteiger partial charge in [-0.3, -0.25) is 4.57 Å². The zero-order valence-electron chi connectivity index (χ0n) is 52.0. The highest BCUT2D eigenvalue weighted by Crippen LogP contribution is 2.56. The first-order chi connectivity index (χ1) is 47.6. The van der Waals surface area contributed by atoms with Crippen LogP contribution in [0.1, 0.15) is 11.1 Å². The van der Waals surface area contributed by atoms with E-state index in [-0.39, 0.29) is 0 Å². The molecule has 0 spiro atoms. The molecule has 0 aliphatic carbocycles. The number of benzene rings is 14. The van der Waals surface area contributed by atoms with Crippen molar-refractivity contribution in [3.05, 3.63) is 351 Å². The molecule has 6 nitrogen and oxygen atoms in total. The van der Waals surface area contributed by atoms with E-state index in [2.05, 4.69) is 264 Å². The normalized spacial score (nSPS) is 11.3. The molecule has 96 heavy (non-hydrogen) atoms. The summed E-state index contributed by atoms with van der Waals surface area (Å²) in [4.78, 5) is 12.5. The lowest BCUT2D eigenvalue weighted by Crippen LogP contribution is -2.08. The molecule has 446 valence electrons. The molecule has 0 unspecified atom stereocenters. The molecule has 0 fully saturated rings. The monoisotopic (exact) mass is 1220 g/mol. The lowest BCUT2D eigenvalue weighted by molar-refractivity contribution is 1.05. The molecule has 0 N–H and O–H groups in total. The van der Waals surface area contributed by atoms with E-state index in [4.69, 9.17) is 9.97 Å². The molecule has 0 saturated carbocycles. The van der Waals surface area contributed by atoms with Gasteiger partial charge in [-0.2, -0.15) is 10.5 Å². The molecule has 0 atom stereocenters. The Morgan fingerprint density at radius 1 is 0.250 bits per heavy atom. The molecule has 17 aromatic rings. The van der Waals surface area contributed by atoms with E-state index in [0.717, 1.165) is 149 Å². The van der Waals surface area contributed by atoms with E-state index in [1.165, 1.54) is 0 Å². The fraction of sp³-hybridized carbons (Fsp3) is 0. The number of aromatic nitrogens is 4. The fourth-order valence-electron chi connectivity index (χ4n) is 14.7. The van der Waals surface area contributed by atoms with Gasteiger partial charge >= 0.3 is 0 Å². The minimum atomic E-state index is 0.425. The zero-order valence-corrected chi connectivity index (χ0v) is 52.0. The molecule has 0 radical (unpaired) electrons. The second-order valence-corrected chi connectivity index (χ2v) is 24.0. The number of nitriles is 2. The van der Waals surface area contributed by atoms with Crippen LogP contribution in [0.3, 0.4) is 0 Å². The van der Waals surface area contributed by atoms with Crippen molar-refractivity contribution in [2.45, 2.75) is 0 Å². The van der Waals surface area contributed by atoms with Gasteiger partial charge in [-0.15, -0.1) is 0 Å². The SMILES string of the molecule is N#Cc1c(-c2ccccc2)c(-c2ccccc2)c(-c2cc(-n3c4ccccc4c4c3ccc3c5ccccc5n(-c5ccccc5)c34)nc(-c3c(-c4ccccc4)c(-c4ccccc4)c(C#N)c(-c4ccccc4)c3-c3ccccc3)n2)c(-c2ccccc2)c1-c1ccccc1. The van der Waals surface area contributed by atoms with Gasteiger partial charge in [0.05, 0.1) is 38.9 Å². The Labute approximate surface area is 556 Å². The maximum atomic E-state index is 12.2. The highest BCUT2D eigenvalue weighted by atomic mass is 15.1. The van der Waals surface area contributed by atoms with Crippen LogP contribution in [0.2, 0.25) is 0 Å². The second-order valence-electron chi connectivity index (χ2n) is 24.0. The van der Waals surface area contributed by atoms with Gasteiger partial charge in [-0.05, 0) is 74.8 Å². The highest BCUT2D eigenvalue weighted by molar-refractivity contribution is 6.26. The van der Waals surface area contributed by atoms with Crippen LogP contribution in [0.5, 0.6) is 0 Å². The average molecular weight is 1220 g/mol. The molecule has 0 aliphatic rings. The first kappa shape index (κ1) is 56.7. The molecule has 3 heterocycles. The Kier molecular flexibility index (Phi) is 14.2. The van der Waals surface area contributed by atoms with Crippen LogP contribution < -0.4 is 0 Å². The molecule has 0 aliphatic heterocycles. The van der Waals surface area contributed by atoms with Crippen LogP contribution in [0.15, 0.2) is 340 Å². The van der Waals surface area contributed by atoms with Crippen molar-refractivity contribution in [3.8, 4) is 135 Å². The van der Waals surface area contributed by atoms with Crippen molar-refractivity contribution in [3.63, 3.8) is 0 Å².